The number of benzene rings is 1. The highest BCUT2D eigenvalue weighted by Gasteiger charge is 2.62. The number of amides is 1. The summed E-state index contributed by atoms with van der Waals surface area (Å²) in [6.45, 7) is 7.10. The highest BCUT2D eigenvalue weighted by atomic mass is 35.5. The third kappa shape index (κ3) is 4.34. The van der Waals surface area contributed by atoms with Crippen LogP contribution < -0.4 is 11.1 Å². The minimum Gasteiger partial charge on any atom is -0.396 e. The van der Waals surface area contributed by atoms with Gasteiger partial charge in [0.25, 0.3) is 0 Å². The molecule has 3 unspecified atom stereocenters. The fourth-order valence-corrected chi connectivity index (χ4v) is 3.46. The Balaban J connectivity index is 0.00000312. The molecule has 2 rings (SSSR count). The van der Waals surface area contributed by atoms with Gasteiger partial charge in [-0.15, -0.1) is 12.4 Å². The maximum Gasteiger partial charge on any atom is 0.240 e. The summed E-state index contributed by atoms with van der Waals surface area (Å²) in [4.78, 5) is 12.7. The van der Waals surface area contributed by atoms with Crippen molar-refractivity contribution in [3.8, 4) is 0 Å². The van der Waals surface area contributed by atoms with Crippen molar-refractivity contribution in [1.82, 2.24) is 5.32 Å². The van der Waals surface area contributed by atoms with E-state index in [1.54, 1.807) is 0 Å². The lowest BCUT2D eigenvalue weighted by atomic mass is 9.54. The SMILES string of the molecule is CCOC1CC(N)(C(=O)NCC(CCO)c2ccccc2)C1(C)C.Cl. The van der Waals surface area contributed by atoms with E-state index in [1.165, 1.54) is 0 Å². The van der Waals surface area contributed by atoms with E-state index in [0.717, 1.165) is 5.56 Å². The molecule has 25 heavy (non-hydrogen) atoms. The minimum atomic E-state index is -0.909. The van der Waals surface area contributed by atoms with E-state index in [1.807, 2.05) is 51.1 Å². The lowest BCUT2D eigenvalue weighted by Gasteiger charge is -2.57. The number of ether oxygens (including phenoxy) is 1. The molecule has 1 aliphatic rings. The van der Waals surface area contributed by atoms with Crippen molar-refractivity contribution in [2.24, 2.45) is 11.1 Å². The highest BCUT2D eigenvalue weighted by molar-refractivity contribution is 5.88. The van der Waals surface area contributed by atoms with E-state index in [-0.39, 0.29) is 36.9 Å². The zero-order valence-electron chi connectivity index (χ0n) is 15.3. The number of hydrogen-bond donors (Lipinski definition) is 3. The lowest BCUT2D eigenvalue weighted by Crippen LogP contribution is -2.75. The van der Waals surface area contributed by atoms with Gasteiger partial charge in [0.05, 0.1) is 6.10 Å². The Morgan fingerprint density at radius 1 is 1.40 bits per heavy atom. The van der Waals surface area contributed by atoms with Gasteiger partial charge in [0.2, 0.25) is 5.91 Å². The molecule has 1 aromatic rings. The molecule has 0 spiro atoms. The standard InChI is InChI=1S/C19H30N2O3.ClH/c1-4-24-16-12-19(20,18(16,2)3)17(23)21-13-15(10-11-22)14-8-6-5-7-9-14;/h5-9,15-16,22H,4,10-13,20H2,1-3H3,(H,21,23);1H. The van der Waals surface area contributed by atoms with E-state index in [0.29, 0.717) is 26.0 Å². The van der Waals surface area contributed by atoms with Gasteiger partial charge in [0.15, 0.2) is 0 Å². The fraction of sp³-hybridized carbons (Fsp3) is 0.632. The molecule has 0 radical (unpaired) electrons. The van der Waals surface area contributed by atoms with Gasteiger partial charge in [-0.2, -0.15) is 0 Å². The maximum atomic E-state index is 12.7. The second-order valence-electron chi connectivity index (χ2n) is 7.17. The van der Waals surface area contributed by atoms with Crippen LogP contribution >= 0.6 is 12.4 Å². The van der Waals surface area contributed by atoms with Crippen LogP contribution in [-0.4, -0.2) is 42.4 Å². The summed E-state index contributed by atoms with van der Waals surface area (Å²) in [5, 5.41) is 12.3. The molecule has 1 saturated carbocycles. The number of carbonyl (C=O) groups excluding carboxylic acids is 1. The number of nitrogens with one attached hydrogen (secondary N) is 1. The molecule has 0 saturated heterocycles. The molecule has 1 aliphatic carbocycles. The fourth-order valence-electron chi connectivity index (χ4n) is 3.46. The number of rotatable bonds is 8. The van der Waals surface area contributed by atoms with Crippen molar-refractivity contribution < 1.29 is 14.6 Å². The van der Waals surface area contributed by atoms with Crippen LogP contribution in [0.4, 0.5) is 0 Å². The predicted molar refractivity (Wildman–Crippen MR) is 102 cm³/mol. The summed E-state index contributed by atoms with van der Waals surface area (Å²) in [6.07, 6.45) is 1.16. The van der Waals surface area contributed by atoms with Gasteiger partial charge in [-0.25, -0.2) is 0 Å². The topological polar surface area (TPSA) is 84.6 Å². The molecule has 1 fully saturated rings. The molecule has 0 aromatic heterocycles. The zero-order chi connectivity index (χ0) is 17.8. The van der Waals surface area contributed by atoms with Crippen molar-refractivity contribution in [3.05, 3.63) is 35.9 Å². The zero-order valence-corrected chi connectivity index (χ0v) is 16.1. The maximum absolute atomic E-state index is 12.7. The largest absolute Gasteiger partial charge is 0.396 e. The Hall–Kier alpha value is -1.14. The van der Waals surface area contributed by atoms with Crippen LogP contribution in [0.15, 0.2) is 30.3 Å². The van der Waals surface area contributed by atoms with E-state index in [2.05, 4.69) is 5.32 Å². The first-order valence-electron chi connectivity index (χ1n) is 8.71. The summed E-state index contributed by atoms with van der Waals surface area (Å²) in [5.41, 5.74) is 6.21. The Labute approximate surface area is 156 Å². The van der Waals surface area contributed by atoms with Gasteiger partial charge in [-0.1, -0.05) is 44.2 Å². The number of aliphatic hydroxyl groups excluding tert-OH is 1. The van der Waals surface area contributed by atoms with Gasteiger partial charge in [-0.05, 0) is 18.9 Å². The smallest absolute Gasteiger partial charge is 0.240 e. The molecule has 5 nitrogen and oxygen atoms in total. The van der Waals surface area contributed by atoms with Crippen LogP contribution in [0.5, 0.6) is 0 Å². The van der Waals surface area contributed by atoms with Crippen LogP contribution in [0.3, 0.4) is 0 Å². The van der Waals surface area contributed by atoms with Crippen molar-refractivity contribution in [2.45, 2.75) is 51.2 Å². The van der Waals surface area contributed by atoms with E-state index in [9.17, 15) is 9.90 Å². The molecule has 142 valence electrons. The molecule has 1 amide bonds. The van der Waals surface area contributed by atoms with E-state index < -0.39 is 11.0 Å². The number of hydrogen-bond acceptors (Lipinski definition) is 4. The first-order chi connectivity index (χ1) is 11.4. The molecular weight excluding hydrogens is 340 g/mol. The van der Waals surface area contributed by atoms with Gasteiger partial charge >= 0.3 is 0 Å². The quantitative estimate of drug-likeness (QED) is 0.655. The lowest BCUT2D eigenvalue weighted by molar-refractivity contribution is -0.170. The van der Waals surface area contributed by atoms with Crippen molar-refractivity contribution in [3.63, 3.8) is 0 Å². The summed E-state index contributed by atoms with van der Waals surface area (Å²) in [5.74, 6) is -0.0584. The summed E-state index contributed by atoms with van der Waals surface area (Å²) in [6, 6.07) is 9.92. The normalized spacial score (nSPS) is 25.4. The van der Waals surface area contributed by atoms with Gasteiger partial charge in [0, 0.05) is 37.5 Å². The van der Waals surface area contributed by atoms with E-state index >= 15 is 0 Å². The monoisotopic (exact) mass is 370 g/mol. The summed E-state index contributed by atoms with van der Waals surface area (Å²) >= 11 is 0. The Bertz CT molecular complexity index is 553. The van der Waals surface area contributed by atoms with Crippen LogP contribution in [0.25, 0.3) is 0 Å². The average molecular weight is 371 g/mol. The first kappa shape index (κ1) is 21.9. The number of halogens is 1. The van der Waals surface area contributed by atoms with Crippen molar-refractivity contribution >= 4 is 18.3 Å². The average Bonchev–Trinajstić information content (AvgIpc) is 2.58. The van der Waals surface area contributed by atoms with Crippen LogP contribution in [-0.2, 0) is 9.53 Å². The second-order valence-corrected chi connectivity index (χ2v) is 7.17. The predicted octanol–water partition coefficient (Wildman–Crippen LogP) is 2.22. The third-order valence-corrected chi connectivity index (χ3v) is 5.49. The molecule has 0 bridgehead atoms. The third-order valence-electron chi connectivity index (χ3n) is 5.49. The van der Waals surface area contributed by atoms with Crippen LogP contribution in [0.1, 0.15) is 45.1 Å². The molecule has 0 aliphatic heterocycles. The number of aliphatic hydroxyl groups is 1. The Morgan fingerprint density at radius 3 is 2.56 bits per heavy atom. The second kappa shape index (κ2) is 8.99. The summed E-state index contributed by atoms with van der Waals surface area (Å²) < 4.78 is 5.68. The van der Waals surface area contributed by atoms with Crippen molar-refractivity contribution in [2.75, 3.05) is 19.8 Å². The molecule has 6 heteroatoms. The number of nitrogens with two attached hydrogens (primary N) is 1. The Morgan fingerprint density at radius 2 is 2.04 bits per heavy atom. The molecule has 1 aromatic carbocycles. The molecule has 3 atom stereocenters. The van der Waals surface area contributed by atoms with Crippen molar-refractivity contribution in [1.29, 1.82) is 0 Å². The first-order valence-corrected chi connectivity index (χ1v) is 8.71. The number of carbonyl (C=O) groups is 1. The van der Waals surface area contributed by atoms with Gasteiger partial charge < -0.3 is 20.9 Å². The van der Waals surface area contributed by atoms with E-state index in [4.69, 9.17) is 10.5 Å². The Kier molecular flexibility index (Phi) is 7.88. The molecular formula is C19H31ClN2O3. The minimum absolute atomic E-state index is 0. The molecule has 4 N–H and O–H groups in total. The summed E-state index contributed by atoms with van der Waals surface area (Å²) in [7, 11) is 0. The molecule has 0 heterocycles. The highest BCUT2D eigenvalue weighted by Crippen LogP contribution is 2.49. The van der Waals surface area contributed by atoms with Crippen LogP contribution in [0.2, 0.25) is 0 Å². The van der Waals surface area contributed by atoms with Gasteiger partial charge in [0.1, 0.15) is 5.54 Å². The van der Waals surface area contributed by atoms with Crippen LogP contribution in [0, 0.1) is 5.41 Å². The van der Waals surface area contributed by atoms with Gasteiger partial charge in [-0.3, -0.25) is 4.79 Å².